The number of nitrogens with one attached hydrogen (secondary N) is 1. The SMILES string of the molecule is CC(=O)OC(C(C)=O)[C@H]1O[C@@H](n2ccc(Nc3cccc([N+](=O)[O-])c3O)nc2=O)C[C@@H]1O. The first kappa shape index (κ1) is 22.8. The minimum absolute atomic E-state index is 0.00123. The Balaban J connectivity index is 1.80. The van der Waals surface area contributed by atoms with Crippen molar-refractivity contribution < 1.29 is 34.2 Å². The number of nitro groups is 1. The molecule has 1 fully saturated rings. The number of nitrogens with zero attached hydrogens (tertiary/aromatic N) is 3. The number of aromatic hydroxyl groups is 1. The maximum atomic E-state index is 12.5. The van der Waals surface area contributed by atoms with Crippen LogP contribution in [0.25, 0.3) is 0 Å². The van der Waals surface area contributed by atoms with Crippen LogP contribution in [0.4, 0.5) is 17.2 Å². The maximum Gasteiger partial charge on any atom is 0.351 e. The van der Waals surface area contributed by atoms with E-state index in [0.29, 0.717) is 0 Å². The fraction of sp³-hybridized carbons (Fsp3) is 0.368. The van der Waals surface area contributed by atoms with Crippen molar-refractivity contribution in [1.82, 2.24) is 9.55 Å². The van der Waals surface area contributed by atoms with E-state index < -0.39 is 58.3 Å². The summed E-state index contributed by atoms with van der Waals surface area (Å²) >= 11 is 0. The number of hydrogen-bond donors (Lipinski definition) is 3. The molecule has 13 nitrogen and oxygen atoms in total. The number of nitro benzene ring substituents is 1. The van der Waals surface area contributed by atoms with E-state index in [4.69, 9.17) is 9.47 Å². The Morgan fingerprint density at radius 1 is 1.38 bits per heavy atom. The Morgan fingerprint density at radius 2 is 2.09 bits per heavy atom. The minimum Gasteiger partial charge on any atom is -0.501 e. The van der Waals surface area contributed by atoms with Crippen LogP contribution >= 0.6 is 0 Å². The molecule has 0 bridgehead atoms. The number of Topliss-reactive ketones (excluding diaryl/α,β-unsaturated/α-hetero) is 1. The minimum atomic E-state index is -1.33. The van der Waals surface area contributed by atoms with Gasteiger partial charge in [0.15, 0.2) is 11.9 Å². The highest BCUT2D eigenvalue weighted by molar-refractivity contribution is 5.83. The summed E-state index contributed by atoms with van der Waals surface area (Å²) in [5.74, 6) is -1.86. The molecule has 1 aromatic carbocycles. The summed E-state index contributed by atoms with van der Waals surface area (Å²) in [5.41, 5.74) is -1.33. The molecular weight excluding hydrogens is 428 g/mol. The molecule has 4 atom stereocenters. The summed E-state index contributed by atoms with van der Waals surface area (Å²) in [6, 6.07) is 5.20. The van der Waals surface area contributed by atoms with Crippen LogP contribution in [0.15, 0.2) is 35.3 Å². The smallest absolute Gasteiger partial charge is 0.351 e. The standard InChI is InChI=1S/C19H20N4O9/c1-9(24)17(31-10(2)25)18-13(26)8-15(32-18)22-7-6-14(21-19(22)28)20-11-4-3-5-12(16(11)27)23(29)30/h3-7,13,15,17-18,26-27H,8H2,1-2H3,(H,20,21,28)/t13-,15+,17?,18-/m0/s1. The highest BCUT2D eigenvalue weighted by Gasteiger charge is 2.43. The second-order valence-corrected chi connectivity index (χ2v) is 7.06. The number of ketones is 1. The largest absolute Gasteiger partial charge is 0.501 e. The molecule has 1 aromatic heterocycles. The zero-order chi connectivity index (χ0) is 23.6. The molecule has 0 aliphatic carbocycles. The van der Waals surface area contributed by atoms with E-state index in [0.717, 1.165) is 17.6 Å². The molecule has 170 valence electrons. The van der Waals surface area contributed by atoms with Crippen LogP contribution in [0.2, 0.25) is 0 Å². The van der Waals surface area contributed by atoms with Crippen molar-refractivity contribution in [3.63, 3.8) is 0 Å². The number of carbonyl (C=O) groups is 2. The molecule has 3 rings (SSSR count). The van der Waals surface area contributed by atoms with Gasteiger partial charge in [-0.2, -0.15) is 4.98 Å². The van der Waals surface area contributed by atoms with Crippen molar-refractivity contribution in [2.45, 2.75) is 44.8 Å². The third-order valence-corrected chi connectivity index (χ3v) is 4.74. The van der Waals surface area contributed by atoms with Crippen LogP contribution in [0.3, 0.4) is 0 Å². The van der Waals surface area contributed by atoms with Gasteiger partial charge in [0.05, 0.1) is 16.7 Å². The van der Waals surface area contributed by atoms with Crippen LogP contribution < -0.4 is 11.0 Å². The van der Waals surface area contributed by atoms with Gasteiger partial charge in [0.1, 0.15) is 18.1 Å². The number of aliphatic hydroxyl groups is 1. The number of carbonyl (C=O) groups excluding carboxylic acids is 2. The molecule has 0 saturated carbocycles. The molecule has 0 radical (unpaired) electrons. The number of anilines is 2. The molecule has 2 aromatic rings. The molecule has 1 saturated heterocycles. The number of benzene rings is 1. The van der Waals surface area contributed by atoms with E-state index in [1.54, 1.807) is 0 Å². The lowest BCUT2D eigenvalue weighted by Crippen LogP contribution is -2.42. The monoisotopic (exact) mass is 448 g/mol. The van der Waals surface area contributed by atoms with Gasteiger partial charge >= 0.3 is 17.3 Å². The normalized spacial score (nSPS) is 21.0. The van der Waals surface area contributed by atoms with Crippen molar-refractivity contribution >= 4 is 28.9 Å². The zero-order valence-electron chi connectivity index (χ0n) is 17.0. The second-order valence-electron chi connectivity index (χ2n) is 7.06. The van der Waals surface area contributed by atoms with Gasteiger partial charge in [-0.15, -0.1) is 0 Å². The highest BCUT2D eigenvalue weighted by Crippen LogP contribution is 2.35. The number of ether oxygens (including phenoxy) is 2. The van der Waals surface area contributed by atoms with E-state index in [2.05, 4.69) is 10.3 Å². The van der Waals surface area contributed by atoms with Gasteiger partial charge < -0.3 is 25.0 Å². The molecule has 1 unspecified atom stereocenters. The Labute approximate surface area is 180 Å². The van der Waals surface area contributed by atoms with Gasteiger partial charge in [-0.05, 0) is 19.1 Å². The van der Waals surface area contributed by atoms with Crippen molar-refractivity contribution in [2.75, 3.05) is 5.32 Å². The Kier molecular flexibility index (Phi) is 6.50. The van der Waals surface area contributed by atoms with E-state index in [9.17, 15) is 34.7 Å². The number of aromatic nitrogens is 2. The predicted octanol–water partition coefficient (Wildman–Crippen LogP) is 0.770. The molecule has 1 aliphatic rings. The van der Waals surface area contributed by atoms with Crippen molar-refractivity contribution in [2.24, 2.45) is 0 Å². The first-order valence-corrected chi connectivity index (χ1v) is 9.42. The molecule has 0 amide bonds. The summed E-state index contributed by atoms with van der Waals surface area (Å²) in [7, 11) is 0. The van der Waals surface area contributed by atoms with Gasteiger partial charge in [-0.1, -0.05) is 6.07 Å². The number of esters is 1. The first-order valence-electron chi connectivity index (χ1n) is 9.42. The Morgan fingerprint density at radius 3 is 2.69 bits per heavy atom. The third kappa shape index (κ3) is 4.73. The zero-order valence-corrected chi connectivity index (χ0v) is 17.0. The molecule has 1 aliphatic heterocycles. The molecule has 0 spiro atoms. The maximum absolute atomic E-state index is 12.5. The first-order chi connectivity index (χ1) is 15.1. The number of phenolic OH excluding ortho intramolecular Hbond substituents is 1. The van der Waals surface area contributed by atoms with Gasteiger partial charge in [-0.25, -0.2) is 4.79 Å². The Bertz CT molecular complexity index is 1120. The van der Waals surface area contributed by atoms with Crippen LogP contribution in [-0.4, -0.2) is 54.8 Å². The number of phenols is 1. The lowest BCUT2D eigenvalue weighted by atomic mass is 10.0. The van der Waals surface area contributed by atoms with Crippen molar-refractivity contribution in [3.05, 3.63) is 51.1 Å². The van der Waals surface area contributed by atoms with Crippen LogP contribution in [0.5, 0.6) is 5.75 Å². The quantitative estimate of drug-likeness (QED) is 0.235. The third-order valence-electron chi connectivity index (χ3n) is 4.74. The molecule has 13 heteroatoms. The Hall–Kier alpha value is -3.84. The van der Waals surface area contributed by atoms with E-state index in [1.807, 2.05) is 0 Å². The summed E-state index contributed by atoms with van der Waals surface area (Å²) in [6.07, 6.45) is -3.40. The number of aliphatic hydroxyl groups excluding tert-OH is 1. The topological polar surface area (TPSA) is 183 Å². The van der Waals surface area contributed by atoms with Crippen molar-refractivity contribution in [3.8, 4) is 5.75 Å². The van der Waals surface area contributed by atoms with E-state index in [-0.39, 0.29) is 17.9 Å². The second kappa shape index (κ2) is 9.11. The van der Waals surface area contributed by atoms with Crippen molar-refractivity contribution in [1.29, 1.82) is 0 Å². The van der Waals surface area contributed by atoms with Gasteiger partial charge in [0, 0.05) is 25.6 Å². The number of hydrogen-bond acceptors (Lipinski definition) is 11. The summed E-state index contributed by atoms with van der Waals surface area (Å²) in [4.78, 5) is 49.6. The average molecular weight is 448 g/mol. The van der Waals surface area contributed by atoms with Gasteiger partial charge in [0.2, 0.25) is 5.75 Å². The molecule has 3 N–H and O–H groups in total. The van der Waals surface area contributed by atoms with E-state index >= 15 is 0 Å². The van der Waals surface area contributed by atoms with Crippen LogP contribution in [0, 0.1) is 10.1 Å². The molecule has 32 heavy (non-hydrogen) atoms. The molecular formula is C19H20N4O9. The summed E-state index contributed by atoms with van der Waals surface area (Å²) < 4.78 is 11.6. The van der Waals surface area contributed by atoms with E-state index in [1.165, 1.54) is 31.3 Å². The number of rotatable bonds is 7. The van der Waals surface area contributed by atoms with Gasteiger partial charge in [0.25, 0.3) is 0 Å². The van der Waals surface area contributed by atoms with Crippen LogP contribution in [-0.2, 0) is 19.1 Å². The lowest BCUT2D eigenvalue weighted by molar-refractivity contribution is -0.385. The molecule has 2 heterocycles. The number of para-hydroxylation sites is 1. The summed E-state index contributed by atoms with van der Waals surface area (Å²) in [5, 5.41) is 33.9. The van der Waals surface area contributed by atoms with Gasteiger partial charge in [-0.3, -0.25) is 24.3 Å². The fourth-order valence-electron chi connectivity index (χ4n) is 3.30. The average Bonchev–Trinajstić information content (AvgIpc) is 3.08. The predicted molar refractivity (Wildman–Crippen MR) is 107 cm³/mol. The summed E-state index contributed by atoms with van der Waals surface area (Å²) in [6.45, 7) is 2.31. The lowest BCUT2D eigenvalue weighted by Gasteiger charge is -2.23. The van der Waals surface area contributed by atoms with Crippen LogP contribution in [0.1, 0.15) is 26.5 Å². The highest BCUT2D eigenvalue weighted by atomic mass is 16.6. The fourth-order valence-corrected chi connectivity index (χ4v) is 3.30.